The first kappa shape index (κ1) is 31.2. The normalized spacial score (nSPS) is 11.3. The monoisotopic (exact) mass is 453 g/mol. The van der Waals surface area contributed by atoms with Crippen molar-refractivity contribution in [2.24, 2.45) is 16.5 Å². The number of unbranched alkanes of at least 4 members (excludes halogenated alkanes) is 14. The molecule has 5 N–H and O–H groups in total. The number of nitrogens with two attached hydrogens (primary N) is 2. The van der Waals surface area contributed by atoms with E-state index in [1.807, 2.05) is 0 Å². The Balaban J connectivity index is 3.89. The van der Waals surface area contributed by atoms with E-state index in [0.717, 1.165) is 26.1 Å². The van der Waals surface area contributed by atoms with Crippen molar-refractivity contribution in [1.82, 2.24) is 10.2 Å². The molecule has 5 nitrogen and oxygen atoms in total. The van der Waals surface area contributed by atoms with E-state index in [0.29, 0.717) is 0 Å². The van der Waals surface area contributed by atoms with Gasteiger partial charge in [0.25, 0.3) is 0 Å². The number of rotatable bonds is 26. The minimum Gasteiger partial charge on any atom is -0.370 e. The fourth-order valence-corrected chi connectivity index (χ4v) is 4.24. The minimum absolute atomic E-state index is 0.197. The fourth-order valence-electron chi connectivity index (χ4n) is 4.24. The highest BCUT2D eigenvalue weighted by atomic mass is 15.1. The topological polar surface area (TPSA) is 79.7 Å². The van der Waals surface area contributed by atoms with Crippen LogP contribution in [0, 0.1) is 0 Å². The molecule has 0 fully saturated rings. The predicted octanol–water partition coefficient (Wildman–Crippen LogP) is 6.21. The van der Waals surface area contributed by atoms with Crippen LogP contribution in [0.4, 0.5) is 0 Å². The summed E-state index contributed by atoms with van der Waals surface area (Å²) in [4.78, 5) is 6.76. The third-order valence-electron chi connectivity index (χ3n) is 6.29. The van der Waals surface area contributed by atoms with Crippen LogP contribution in [0.25, 0.3) is 0 Å². The molecule has 0 bridgehead atoms. The first-order valence-electron chi connectivity index (χ1n) is 14.2. The van der Waals surface area contributed by atoms with Crippen LogP contribution in [-0.2, 0) is 0 Å². The van der Waals surface area contributed by atoms with Crippen molar-refractivity contribution in [3.8, 4) is 0 Å². The molecule has 0 heterocycles. The molecule has 0 saturated heterocycles. The summed E-state index contributed by atoms with van der Waals surface area (Å²) < 4.78 is 0. The van der Waals surface area contributed by atoms with Crippen LogP contribution in [0.1, 0.15) is 129 Å². The second-order valence-electron chi connectivity index (χ2n) is 9.56. The van der Waals surface area contributed by atoms with E-state index in [-0.39, 0.29) is 5.96 Å². The second-order valence-corrected chi connectivity index (χ2v) is 9.56. The molecular formula is C27H59N5. The van der Waals surface area contributed by atoms with Gasteiger partial charge in [-0.3, -0.25) is 4.99 Å². The Kier molecular flexibility index (Phi) is 25.8. The van der Waals surface area contributed by atoms with Crippen LogP contribution in [0.2, 0.25) is 0 Å². The van der Waals surface area contributed by atoms with E-state index < -0.39 is 0 Å². The van der Waals surface area contributed by atoms with Gasteiger partial charge in [-0.05, 0) is 58.4 Å². The van der Waals surface area contributed by atoms with Crippen molar-refractivity contribution >= 4 is 5.96 Å². The van der Waals surface area contributed by atoms with Crippen molar-refractivity contribution in [3.05, 3.63) is 0 Å². The van der Waals surface area contributed by atoms with Crippen LogP contribution in [0.3, 0.4) is 0 Å². The molecule has 0 amide bonds. The Bertz CT molecular complexity index is 362. The second kappa shape index (κ2) is 26.4. The number of guanidine groups is 1. The van der Waals surface area contributed by atoms with E-state index in [9.17, 15) is 0 Å². The van der Waals surface area contributed by atoms with E-state index in [1.54, 1.807) is 0 Å². The molecule has 0 aromatic heterocycles. The molecule has 0 unspecified atom stereocenters. The number of hydrogen-bond donors (Lipinski definition) is 3. The Hall–Kier alpha value is -0.810. The maximum atomic E-state index is 5.36. The fraction of sp³-hybridized carbons (Fsp3) is 0.963. The molecule has 0 aromatic rings. The third kappa shape index (κ3) is 25.5. The third-order valence-corrected chi connectivity index (χ3v) is 6.29. The lowest BCUT2D eigenvalue weighted by Gasteiger charge is -2.22. The number of nitrogens with one attached hydrogen (secondary N) is 1. The SMILES string of the molecule is CCCCCCCCCCN(CCCCCCCCCC)CCCNCCCN=C(N)N. The largest absolute Gasteiger partial charge is 0.370 e. The first-order valence-corrected chi connectivity index (χ1v) is 14.2. The summed E-state index contributed by atoms with van der Waals surface area (Å²) in [5.74, 6) is 0.197. The highest BCUT2D eigenvalue weighted by Gasteiger charge is 2.05. The van der Waals surface area contributed by atoms with Gasteiger partial charge in [0.05, 0.1) is 0 Å². The molecule has 32 heavy (non-hydrogen) atoms. The Morgan fingerprint density at radius 1 is 0.562 bits per heavy atom. The molecule has 0 aliphatic heterocycles. The average Bonchev–Trinajstić information content (AvgIpc) is 2.78. The summed E-state index contributed by atoms with van der Waals surface area (Å²) in [6.07, 6.45) is 24.7. The smallest absolute Gasteiger partial charge is 0.185 e. The van der Waals surface area contributed by atoms with Gasteiger partial charge in [0.2, 0.25) is 0 Å². The van der Waals surface area contributed by atoms with Crippen molar-refractivity contribution in [3.63, 3.8) is 0 Å². The summed E-state index contributed by atoms with van der Waals surface area (Å²) in [6.45, 7) is 11.2. The summed E-state index contributed by atoms with van der Waals surface area (Å²) >= 11 is 0. The zero-order chi connectivity index (χ0) is 23.5. The zero-order valence-electron chi connectivity index (χ0n) is 22.0. The van der Waals surface area contributed by atoms with Gasteiger partial charge in [-0.2, -0.15) is 0 Å². The maximum absolute atomic E-state index is 5.36. The summed E-state index contributed by atoms with van der Waals surface area (Å²) in [6, 6.07) is 0. The van der Waals surface area contributed by atoms with Gasteiger partial charge in [0.15, 0.2) is 5.96 Å². The van der Waals surface area contributed by atoms with Gasteiger partial charge in [-0.1, -0.05) is 104 Å². The molecule has 0 rings (SSSR count). The molecule has 192 valence electrons. The van der Waals surface area contributed by atoms with Crippen LogP contribution in [0.15, 0.2) is 4.99 Å². The predicted molar refractivity (Wildman–Crippen MR) is 144 cm³/mol. The van der Waals surface area contributed by atoms with Crippen molar-refractivity contribution in [1.29, 1.82) is 0 Å². The Morgan fingerprint density at radius 2 is 0.969 bits per heavy atom. The molecule has 0 radical (unpaired) electrons. The van der Waals surface area contributed by atoms with E-state index >= 15 is 0 Å². The van der Waals surface area contributed by atoms with E-state index in [4.69, 9.17) is 11.5 Å². The van der Waals surface area contributed by atoms with Gasteiger partial charge in [0.1, 0.15) is 0 Å². The van der Waals surface area contributed by atoms with Crippen LogP contribution < -0.4 is 16.8 Å². The summed E-state index contributed by atoms with van der Waals surface area (Å²) in [5.41, 5.74) is 10.7. The van der Waals surface area contributed by atoms with E-state index in [1.165, 1.54) is 129 Å². The molecule has 5 heteroatoms. The lowest BCUT2D eigenvalue weighted by Crippen LogP contribution is -2.30. The molecule has 0 aromatic carbocycles. The summed E-state index contributed by atoms with van der Waals surface area (Å²) in [7, 11) is 0. The van der Waals surface area contributed by atoms with Gasteiger partial charge < -0.3 is 21.7 Å². The van der Waals surface area contributed by atoms with Crippen molar-refractivity contribution in [2.75, 3.05) is 39.3 Å². The standard InChI is InChI=1S/C27H59N5/c1-3-5-7-9-11-13-15-17-24-32(25-18-16-14-12-10-8-6-4-2)26-20-22-30-21-19-23-31-27(28)29/h30H,3-26H2,1-2H3,(H4,28,29,31). The number of aliphatic imine (C=N–C) groups is 1. The molecule has 0 aliphatic rings. The van der Waals surface area contributed by atoms with Crippen molar-refractivity contribution in [2.45, 2.75) is 129 Å². The molecule has 0 aliphatic carbocycles. The van der Waals surface area contributed by atoms with Crippen LogP contribution in [-0.4, -0.2) is 50.1 Å². The summed E-state index contributed by atoms with van der Waals surface area (Å²) in [5, 5.41) is 3.54. The van der Waals surface area contributed by atoms with Gasteiger partial charge in [-0.15, -0.1) is 0 Å². The molecular weight excluding hydrogens is 394 g/mol. The van der Waals surface area contributed by atoms with Gasteiger partial charge >= 0.3 is 0 Å². The van der Waals surface area contributed by atoms with Crippen molar-refractivity contribution < 1.29 is 0 Å². The molecule has 0 spiro atoms. The average molecular weight is 454 g/mol. The van der Waals surface area contributed by atoms with Crippen LogP contribution in [0.5, 0.6) is 0 Å². The van der Waals surface area contributed by atoms with Gasteiger partial charge in [0, 0.05) is 6.54 Å². The highest BCUT2D eigenvalue weighted by molar-refractivity contribution is 5.75. The number of hydrogen-bond acceptors (Lipinski definition) is 3. The lowest BCUT2D eigenvalue weighted by atomic mass is 10.1. The Labute approximate surface area is 201 Å². The highest BCUT2D eigenvalue weighted by Crippen LogP contribution is 2.11. The Morgan fingerprint density at radius 3 is 1.44 bits per heavy atom. The molecule has 0 saturated carbocycles. The quantitative estimate of drug-likeness (QED) is 0.0826. The first-order chi connectivity index (χ1) is 15.7. The van der Waals surface area contributed by atoms with E-state index in [2.05, 4.69) is 29.1 Å². The lowest BCUT2D eigenvalue weighted by molar-refractivity contribution is 0.256. The van der Waals surface area contributed by atoms with Gasteiger partial charge in [-0.25, -0.2) is 0 Å². The van der Waals surface area contributed by atoms with Crippen LogP contribution >= 0.6 is 0 Å². The zero-order valence-corrected chi connectivity index (χ0v) is 22.0. The molecule has 0 atom stereocenters. The minimum atomic E-state index is 0.197. The number of nitrogens with zero attached hydrogens (tertiary/aromatic N) is 2. The maximum Gasteiger partial charge on any atom is 0.185 e.